The summed E-state index contributed by atoms with van der Waals surface area (Å²) in [5.41, 5.74) is 6.36. The largest absolute Gasteiger partial charge is 0.237 e. The molecule has 4 aromatic rings. The van der Waals surface area contributed by atoms with Gasteiger partial charge in [0.05, 0.1) is 22.5 Å². The Labute approximate surface area is 245 Å². The number of hydrogen-bond donors (Lipinski definition) is 0. The van der Waals surface area contributed by atoms with Gasteiger partial charge >= 0.3 is 0 Å². The lowest BCUT2D eigenvalue weighted by molar-refractivity contribution is 0.0369. The summed E-state index contributed by atoms with van der Waals surface area (Å²) in [5.74, 6) is 0.178. The molecular formula is C35H38FN3OS. The van der Waals surface area contributed by atoms with Gasteiger partial charge in [0.25, 0.3) is 0 Å². The maximum Gasteiger partial charge on any atom is 0.127 e. The third-order valence-corrected chi connectivity index (χ3v) is 12.0. The minimum atomic E-state index is -1.21. The molecule has 3 aromatic carbocycles. The van der Waals surface area contributed by atoms with Crippen LogP contribution in [0.1, 0.15) is 68.3 Å². The number of rotatable bonds is 7. The van der Waals surface area contributed by atoms with E-state index < -0.39 is 11.0 Å². The highest BCUT2D eigenvalue weighted by atomic mass is 32.2. The molecule has 1 saturated carbocycles. The summed E-state index contributed by atoms with van der Waals surface area (Å²) in [6, 6.07) is 25.9. The molecule has 1 aliphatic heterocycles. The van der Waals surface area contributed by atoms with Gasteiger partial charge in [-0.15, -0.1) is 0 Å². The van der Waals surface area contributed by atoms with Gasteiger partial charge < -0.3 is 0 Å². The van der Waals surface area contributed by atoms with E-state index in [-0.39, 0.29) is 22.1 Å². The Kier molecular flexibility index (Phi) is 6.36. The van der Waals surface area contributed by atoms with Gasteiger partial charge in [-0.3, -0.25) is 0 Å². The van der Waals surface area contributed by atoms with Crippen molar-refractivity contribution in [3.05, 3.63) is 113 Å². The first-order valence-electron chi connectivity index (χ1n) is 14.9. The second kappa shape index (κ2) is 9.74. The van der Waals surface area contributed by atoms with E-state index >= 15 is 0 Å². The molecule has 2 fully saturated rings. The molecule has 41 heavy (non-hydrogen) atoms. The van der Waals surface area contributed by atoms with Crippen LogP contribution < -0.4 is 0 Å². The number of hydrogen-bond acceptors (Lipinski definition) is 2. The van der Waals surface area contributed by atoms with Crippen LogP contribution >= 0.6 is 0 Å². The molecule has 1 aromatic heterocycles. The Morgan fingerprint density at radius 2 is 1.76 bits per heavy atom. The maximum atomic E-state index is 14.1. The smallest absolute Gasteiger partial charge is 0.127 e. The SMILES string of the molecule is CCC(C)(C)c1ccc(S(=O)N2CCC34CC3c3c(cnn3-c3ccc(F)cc3)CC4(Cc3ccccc3)C2)cc1. The molecule has 0 N–H and O–H groups in total. The topological polar surface area (TPSA) is 38.1 Å². The number of aromatic nitrogens is 2. The fourth-order valence-corrected chi connectivity index (χ4v) is 9.06. The van der Waals surface area contributed by atoms with Crippen molar-refractivity contribution in [1.29, 1.82) is 0 Å². The van der Waals surface area contributed by atoms with Crippen LogP contribution in [0.4, 0.5) is 4.39 Å². The first kappa shape index (κ1) is 26.8. The minimum absolute atomic E-state index is 0.0271. The molecule has 7 rings (SSSR count). The summed E-state index contributed by atoms with van der Waals surface area (Å²) in [5, 5.41) is 4.82. The summed E-state index contributed by atoms with van der Waals surface area (Å²) >= 11 is 0. The van der Waals surface area contributed by atoms with Crippen LogP contribution in [0, 0.1) is 16.6 Å². The maximum absolute atomic E-state index is 14.1. The number of halogens is 1. The van der Waals surface area contributed by atoms with Crippen LogP contribution in [-0.2, 0) is 29.2 Å². The summed E-state index contributed by atoms with van der Waals surface area (Å²) in [6.07, 6.45) is 7.10. The van der Waals surface area contributed by atoms with Gasteiger partial charge in [-0.25, -0.2) is 17.6 Å². The lowest BCUT2D eigenvalue weighted by atomic mass is 9.59. The van der Waals surface area contributed by atoms with E-state index in [0.29, 0.717) is 5.92 Å². The van der Waals surface area contributed by atoms with Crippen LogP contribution in [-0.4, -0.2) is 31.4 Å². The zero-order valence-corrected chi connectivity index (χ0v) is 25.0. The van der Waals surface area contributed by atoms with Crippen molar-refractivity contribution in [1.82, 2.24) is 14.1 Å². The Balaban J connectivity index is 1.24. The Morgan fingerprint density at radius 1 is 1.02 bits per heavy atom. The first-order chi connectivity index (χ1) is 19.8. The van der Waals surface area contributed by atoms with Gasteiger partial charge in [0.2, 0.25) is 0 Å². The Morgan fingerprint density at radius 3 is 2.46 bits per heavy atom. The third-order valence-electron chi connectivity index (χ3n) is 10.6. The molecule has 4 nitrogen and oxygen atoms in total. The fourth-order valence-electron chi connectivity index (χ4n) is 7.77. The molecule has 1 saturated heterocycles. The molecule has 6 heteroatoms. The lowest BCUT2D eigenvalue weighted by Gasteiger charge is -2.51. The number of nitrogens with zero attached hydrogens (tertiary/aromatic N) is 3. The van der Waals surface area contributed by atoms with Gasteiger partial charge in [-0.1, -0.05) is 63.2 Å². The van der Waals surface area contributed by atoms with E-state index in [4.69, 9.17) is 5.10 Å². The number of fused-ring (bicyclic) bond motifs is 2. The van der Waals surface area contributed by atoms with E-state index in [1.165, 1.54) is 34.5 Å². The molecular weight excluding hydrogens is 529 g/mol. The third kappa shape index (κ3) is 4.33. The zero-order chi connectivity index (χ0) is 28.4. The van der Waals surface area contributed by atoms with Gasteiger partial charge in [0.1, 0.15) is 16.8 Å². The summed E-state index contributed by atoms with van der Waals surface area (Å²) < 4.78 is 32.0. The van der Waals surface area contributed by atoms with E-state index in [9.17, 15) is 8.60 Å². The van der Waals surface area contributed by atoms with Gasteiger partial charge in [0.15, 0.2) is 0 Å². The van der Waals surface area contributed by atoms with Crippen LogP contribution in [0.5, 0.6) is 0 Å². The van der Waals surface area contributed by atoms with Crippen molar-refractivity contribution in [3.8, 4) is 5.69 Å². The van der Waals surface area contributed by atoms with Crippen LogP contribution in [0.25, 0.3) is 5.69 Å². The van der Waals surface area contributed by atoms with Gasteiger partial charge in [0, 0.05) is 19.0 Å². The molecule has 3 aliphatic rings. The van der Waals surface area contributed by atoms with Crippen LogP contribution in [0.2, 0.25) is 0 Å². The van der Waals surface area contributed by atoms with Crippen molar-refractivity contribution in [3.63, 3.8) is 0 Å². The molecule has 0 bridgehead atoms. The standard InChI is InChI=1S/C35H38FN3OS/c1-4-33(2,3)27-10-16-30(17-11-27)41(40)38-19-18-35-22-31(35)32-26(23-37-39(32)29-14-12-28(36)13-15-29)21-34(35,24-38)20-25-8-6-5-7-9-25/h5-17,23,31H,4,18-22,24H2,1-3H3. The fraction of sp³-hybridized carbons (Fsp3) is 0.400. The number of piperidine rings is 1. The zero-order valence-electron chi connectivity index (χ0n) is 24.1. The molecule has 2 aliphatic carbocycles. The molecule has 0 amide bonds. The van der Waals surface area contributed by atoms with Gasteiger partial charge in [-0.05, 0) is 101 Å². The lowest BCUT2D eigenvalue weighted by Crippen LogP contribution is -2.54. The van der Waals surface area contributed by atoms with E-state index in [1.807, 2.05) is 23.0 Å². The molecule has 2 heterocycles. The highest BCUT2D eigenvalue weighted by Gasteiger charge is 2.71. The molecule has 4 unspecified atom stereocenters. The average molecular weight is 568 g/mol. The highest BCUT2D eigenvalue weighted by molar-refractivity contribution is 7.82. The molecule has 0 radical (unpaired) electrons. The summed E-state index contributed by atoms with van der Waals surface area (Å²) in [4.78, 5) is 0.888. The van der Waals surface area contributed by atoms with E-state index in [2.05, 4.69) is 79.7 Å². The van der Waals surface area contributed by atoms with E-state index in [0.717, 1.165) is 55.8 Å². The van der Waals surface area contributed by atoms with Crippen molar-refractivity contribution < 1.29 is 8.60 Å². The Bertz CT molecular complexity index is 1600. The van der Waals surface area contributed by atoms with Crippen molar-refractivity contribution >= 4 is 11.0 Å². The average Bonchev–Trinajstić information content (AvgIpc) is 3.59. The molecule has 4 atom stereocenters. The van der Waals surface area contributed by atoms with E-state index in [1.54, 1.807) is 0 Å². The van der Waals surface area contributed by atoms with Gasteiger partial charge in [-0.2, -0.15) is 5.10 Å². The monoisotopic (exact) mass is 567 g/mol. The van der Waals surface area contributed by atoms with Crippen LogP contribution in [0.3, 0.4) is 0 Å². The van der Waals surface area contributed by atoms with Crippen molar-refractivity contribution in [2.45, 2.75) is 69.1 Å². The molecule has 1 spiro atoms. The van der Waals surface area contributed by atoms with Crippen molar-refractivity contribution in [2.75, 3.05) is 13.1 Å². The normalized spacial score (nSPS) is 26.1. The van der Waals surface area contributed by atoms with Crippen molar-refractivity contribution in [2.24, 2.45) is 10.8 Å². The quantitative estimate of drug-likeness (QED) is 0.234. The first-order valence-corrected chi connectivity index (χ1v) is 16.0. The number of benzene rings is 3. The summed E-state index contributed by atoms with van der Waals surface area (Å²) in [7, 11) is -1.21. The molecule has 212 valence electrons. The second-order valence-electron chi connectivity index (χ2n) is 13.1. The highest BCUT2D eigenvalue weighted by Crippen LogP contribution is 2.76. The minimum Gasteiger partial charge on any atom is -0.237 e. The van der Waals surface area contributed by atoms with Crippen LogP contribution in [0.15, 0.2) is 90.0 Å². The predicted octanol–water partition coefficient (Wildman–Crippen LogP) is 7.39. The summed E-state index contributed by atoms with van der Waals surface area (Å²) in [6.45, 7) is 8.36. The predicted molar refractivity (Wildman–Crippen MR) is 162 cm³/mol. The Hall–Kier alpha value is -3.09. The second-order valence-corrected chi connectivity index (χ2v) is 14.6.